The second kappa shape index (κ2) is 7.74. The number of aryl methyl sites for hydroxylation is 1. The summed E-state index contributed by atoms with van der Waals surface area (Å²) in [5.41, 5.74) is 6.75. The van der Waals surface area contributed by atoms with Crippen molar-refractivity contribution in [2.45, 2.75) is 26.2 Å². The maximum absolute atomic E-state index is 10.5. The third-order valence-electron chi connectivity index (χ3n) is 1.57. The molecule has 0 atom stereocenters. The molecule has 0 saturated carbocycles. The van der Waals surface area contributed by atoms with E-state index in [2.05, 4.69) is 18.3 Å². The molecular weight excluding hydrogens is 198 g/mol. The van der Waals surface area contributed by atoms with Crippen LogP contribution in [0, 0.1) is 12.3 Å². The second-order valence-electron chi connectivity index (χ2n) is 2.77. The van der Waals surface area contributed by atoms with Crippen molar-refractivity contribution < 1.29 is 8.78 Å². The summed E-state index contributed by atoms with van der Waals surface area (Å²) in [6, 6.07) is 3.94. The van der Waals surface area contributed by atoms with Crippen LogP contribution in [0.4, 0.5) is 14.6 Å². The van der Waals surface area contributed by atoms with Crippen LogP contribution in [-0.2, 0) is 6.42 Å². The smallest absolute Gasteiger partial charge is 0.298 e. The Morgan fingerprint density at radius 2 is 2.20 bits per heavy atom. The fourth-order valence-electron chi connectivity index (χ4n) is 0.932. The average molecular weight is 212 g/mol. The van der Waals surface area contributed by atoms with E-state index < -0.39 is 6.43 Å². The summed E-state index contributed by atoms with van der Waals surface area (Å²) in [6.45, 7) is 2.13. The van der Waals surface area contributed by atoms with E-state index in [4.69, 9.17) is 5.73 Å². The summed E-state index contributed by atoms with van der Waals surface area (Å²) in [5, 5.41) is 0. The van der Waals surface area contributed by atoms with Crippen molar-refractivity contribution in [3.8, 4) is 12.3 Å². The van der Waals surface area contributed by atoms with Gasteiger partial charge in [-0.25, -0.2) is 4.98 Å². The van der Waals surface area contributed by atoms with E-state index >= 15 is 0 Å². The van der Waals surface area contributed by atoms with E-state index in [-0.39, 0.29) is 0 Å². The largest absolute Gasteiger partial charge is 0.383 e. The molecule has 1 aromatic rings. The molecule has 0 saturated heterocycles. The Hall–Kier alpha value is -1.63. The Morgan fingerprint density at radius 3 is 2.60 bits per heavy atom. The fourth-order valence-corrected chi connectivity index (χ4v) is 0.932. The Bertz CT molecular complexity index is 319. The number of nitrogens with two attached hydrogens (primary N) is 1. The van der Waals surface area contributed by atoms with Crippen molar-refractivity contribution in [3.05, 3.63) is 23.9 Å². The van der Waals surface area contributed by atoms with E-state index in [1.807, 2.05) is 12.1 Å². The molecule has 15 heavy (non-hydrogen) atoms. The minimum atomic E-state index is -2.59. The fraction of sp³-hybridized carbons (Fsp3) is 0.364. The Morgan fingerprint density at radius 1 is 1.60 bits per heavy atom. The first-order valence-corrected chi connectivity index (χ1v) is 4.55. The van der Waals surface area contributed by atoms with Crippen LogP contribution in [0.5, 0.6) is 0 Å². The van der Waals surface area contributed by atoms with Gasteiger partial charge >= 0.3 is 0 Å². The Labute approximate surface area is 88.5 Å². The van der Waals surface area contributed by atoms with Gasteiger partial charge in [0.05, 0.1) is 0 Å². The number of halogens is 2. The maximum Gasteiger partial charge on any atom is 0.298 e. The molecule has 82 valence electrons. The van der Waals surface area contributed by atoms with E-state index in [9.17, 15) is 8.78 Å². The van der Waals surface area contributed by atoms with Crippen LogP contribution in [-0.4, -0.2) is 11.4 Å². The Balaban J connectivity index is 0.000000336. The van der Waals surface area contributed by atoms with Crippen LogP contribution in [0.1, 0.15) is 18.9 Å². The second-order valence-corrected chi connectivity index (χ2v) is 2.77. The minimum absolute atomic E-state index is 0.671. The van der Waals surface area contributed by atoms with Gasteiger partial charge < -0.3 is 5.73 Å². The highest BCUT2D eigenvalue weighted by Gasteiger charge is 1.94. The quantitative estimate of drug-likeness (QED) is 0.765. The van der Waals surface area contributed by atoms with Crippen LogP contribution in [0.15, 0.2) is 18.3 Å². The SMILES string of the molecule is C#CC(F)F.CCCc1cccnc1N. The Kier molecular flexibility index (Phi) is 6.90. The molecule has 1 rings (SSSR count). The maximum atomic E-state index is 10.5. The highest BCUT2D eigenvalue weighted by atomic mass is 19.3. The van der Waals surface area contributed by atoms with Gasteiger partial charge in [-0.1, -0.05) is 19.4 Å². The highest BCUT2D eigenvalue weighted by Crippen LogP contribution is 2.08. The lowest BCUT2D eigenvalue weighted by Crippen LogP contribution is -1.95. The monoisotopic (exact) mass is 212 g/mol. The number of terminal acetylenes is 1. The molecule has 4 heteroatoms. The lowest BCUT2D eigenvalue weighted by Gasteiger charge is -1.99. The number of pyridine rings is 1. The summed E-state index contributed by atoms with van der Waals surface area (Å²) in [4.78, 5) is 3.98. The molecule has 1 aromatic heterocycles. The first kappa shape index (κ1) is 13.4. The highest BCUT2D eigenvalue weighted by molar-refractivity contribution is 5.38. The average Bonchev–Trinajstić information content (AvgIpc) is 2.23. The molecule has 0 bridgehead atoms. The molecule has 0 aliphatic carbocycles. The molecule has 0 unspecified atom stereocenters. The zero-order chi connectivity index (χ0) is 11.7. The number of nitrogens with zero attached hydrogens (tertiary/aromatic N) is 1. The molecule has 0 aromatic carbocycles. The van der Waals surface area contributed by atoms with Crippen LogP contribution in [0.3, 0.4) is 0 Å². The van der Waals surface area contributed by atoms with Gasteiger partial charge in [0.15, 0.2) is 0 Å². The molecule has 0 aliphatic rings. The third-order valence-corrected chi connectivity index (χ3v) is 1.57. The van der Waals surface area contributed by atoms with Crippen molar-refractivity contribution in [2.75, 3.05) is 5.73 Å². The van der Waals surface area contributed by atoms with E-state index in [1.54, 1.807) is 6.20 Å². The van der Waals surface area contributed by atoms with E-state index in [1.165, 1.54) is 5.92 Å². The summed E-state index contributed by atoms with van der Waals surface area (Å²) >= 11 is 0. The first-order valence-electron chi connectivity index (χ1n) is 4.55. The zero-order valence-electron chi connectivity index (χ0n) is 8.58. The molecule has 0 amide bonds. The zero-order valence-corrected chi connectivity index (χ0v) is 8.58. The van der Waals surface area contributed by atoms with Crippen LogP contribution >= 0.6 is 0 Å². The molecule has 0 spiro atoms. The standard InChI is InChI=1S/C8H12N2.C3H2F2/c1-2-4-7-5-3-6-10-8(7)9;1-2-3(4)5/h3,5-6H,2,4H2,1H3,(H2,9,10);1,3H. The lowest BCUT2D eigenvalue weighted by atomic mass is 10.1. The summed E-state index contributed by atoms with van der Waals surface area (Å²) < 4.78 is 21.1. The molecule has 2 nitrogen and oxygen atoms in total. The topological polar surface area (TPSA) is 38.9 Å². The molecular formula is C11H14F2N2. The number of rotatable bonds is 2. The number of nitrogen functional groups attached to an aromatic ring is 1. The summed E-state index contributed by atoms with van der Waals surface area (Å²) in [6.07, 6.45) is 5.45. The predicted molar refractivity (Wildman–Crippen MR) is 57.5 cm³/mol. The minimum Gasteiger partial charge on any atom is -0.383 e. The number of hydrogen-bond acceptors (Lipinski definition) is 2. The summed E-state index contributed by atoms with van der Waals surface area (Å²) in [7, 11) is 0. The first-order chi connectivity index (χ1) is 7.11. The third kappa shape index (κ3) is 6.44. The lowest BCUT2D eigenvalue weighted by molar-refractivity contribution is 0.215. The number of aromatic nitrogens is 1. The number of hydrogen-bond donors (Lipinski definition) is 1. The molecule has 1 heterocycles. The molecule has 0 radical (unpaired) electrons. The van der Waals surface area contributed by atoms with E-state index in [0.29, 0.717) is 5.82 Å². The van der Waals surface area contributed by atoms with Gasteiger partial charge in [0, 0.05) is 6.20 Å². The molecule has 2 N–H and O–H groups in total. The van der Waals surface area contributed by atoms with Crippen LogP contribution < -0.4 is 5.73 Å². The summed E-state index contributed by atoms with van der Waals surface area (Å²) in [5.74, 6) is 1.87. The van der Waals surface area contributed by atoms with Gasteiger partial charge in [-0.3, -0.25) is 0 Å². The van der Waals surface area contributed by atoms with Gasteiger partial charge in [0.2, 0.25) is 0 Å². The van der Waals surface area contributed by atoms with E-state index in [0.717, 1.165) is 18.4 Å². The van der Waals surface area contributed by atoms with Gasteiger partial charge in [-0.2, -0.15) is 8.78 Å². The number of alkyl halides is 2. The van der Waals surface area contributed by atoms with Gasteiger partial charge in [0.25, 0.3) is 6.43 Å². The van der Waals surface area contributed by atoms with Gasteiger partial charge in [-0.05, 0) is 24.0 Å². The molecule has 0 aliphatic heterocycles. The van der Waals surface area contributed by atoms with Crippen molar-refractivity contribution >= 4 is 5.82 Å². The van der Waals surface area contributed by atoms with Crippen LogP contribution in [0.2, 0.25) is 0 Å². The van der Waals surface area contributed by atoms with Crippen molar-refractivity contribution in [2.24, 2.45) is 0 Å². The van der Waals surface area contributed by atoms with Gasteiger partial charge in [-0.15, -0.1) is 6.42 Å². The normalized spacial score (nSPS) is 9.00. The van der Waals surface area contributed by atoms with Crippen LogP contribution in [0.25, 0.3) is 0 Å². The van der Waals surface area contributed by atoms with Crippen molar-refractivity contribution in [3.63, 3.8) is 0 Å². The predicted octanol–water partition coefficient (Wildman–Crippen LogP) is 2.50. The molecule has 0 fully saturated rings. The van der Waals surface area contributed by atoms with Crippen molar-refractivity contribution in [1.82, 2.24) is 4.98 Å². The number of anilines is 1. The van der Waals surface area contributed by atoms with Crippen molar-refractivity contribution in [1.29, 1.82) is 0 Å². The van der Waals surface area contributed by atoms with Gasteiger partial charge in [0.1, 0.15) is 5.82 Å².